The van der Waals surface area contributed by atoms with Gasteiger partial charge in [-0.3, -0.25) is 4.98 Å². The molecule has 0 aromatic carbocycles. The summed E-state index contributed by atoms with van der Waals surface area (Å²) < 4.78 is 5.12. The number of hydrogen-bond acceptors (Lipinski definition) is 5. The van der Waals surface area contributed by atoms with Gasteiger partial charge >= 0.3 is 0 Å². The van der Waals surface area contributed by atoms with Crippen molar-refractivity contribution in [1.82, 2.24) is 15.0 Å². The van der Waals surface area contributed by atoms with E-state index in [1.807, 2.05) is 18.3 Å². The summed E-state index contributed by atoms with van der Waals surface area (Å²) in [6, 6.07) is 3.93. The van der Waals surface area contributed by atoms with Crippen LogP contribution in [0.3, 0.4) is 0 Å². The van der Waals surface area contributed by atoms with Gasteiger partial charge in [-0.05, 0) is 31.4 Å². The van der Waals surface area contributed by atoms with Crippen molar-refractivity contribution in [3.05, 3.63) is 35.8 Å². The Morgan fingerprint density at radius 1 is 1.30 bits per heavy atom. The molecule has 0 fully saturated rings. The molecule has 0 N–H and O–H groups in total. The van der Waals surface area contributed by atoms with Crippen LogP contribution in [0.5, 0.6) is 0 Å². The Kier molecular flexibility index (Phi) is 4.28. The van der Waals surface area contributed by atoms with Crippen molar-refractivity contribution in [1.29, 1.82) is 0 Å². The first-order valence-corrected chi connectivity index (χ1v) is 7.79. The SMILES string of the molecule is COCCSc1nc(-c2cccnc2)nc2c1CCC2. The van der Waals surface area contributed by atoms with E-state index in [9.17, 15) is 0 Å². The molecular formula is C15H17N3OS. The van der Waals surface area contributed by atoms with Gasteiger partial charge in [-0.1, -0.05) is 0 Å². The van der Waals surface area contributed by atoms with Crippen LogP contribution in [0.4, 0.5) is 0 Å². The molecule has 20 heavy (non-hydrogen) atoms. The molecule has 2 aromatic heterocycles. The van der Waals surface area contributed by atoms with Crippen LogP contribution in [0.15, 0.2) is 29.6 Å². The minimum atomic E-state index is 0.742. The molecule has 0 amide bonds. The number of fused-ring (bicyclic) bond motifs is 1. The molecule has 0 bridgehead atoms. The molecule has 5 heteroatoms. The van der Waals surface area contributed by atoms with Crippen LogP contribution < -0.4 is 0 Å². The summed E-state index contributed by atoms with van der Waals surface area (Å²) >= 11 is 1.76. The third-order valence-electron chi connectivity index (χ3n) is 3.34. The number of aryl methyl sites for hydroxylation is 1. The fourth-order valence-electron chi connectivity index (χ4n) is 2.36. The van der Waals surface area contributed by atoms with Gasteiger partial charge in [0.15, 0.2) is 5.82 Å². The van der Waals surface area contributed by atoms with Gasteiger partial charge < -0.3 is 4.74 Å². The highest BCUT2D eigenvalue weighted by Crippen LogP contribution is 2.31. The van der Waals surface area contributed by atoms with Gasteiger partial charge in [0.05, 0.1) is 6.61 Å². The standard InChI is InChI=1S/C15H17N3OS/c1-19-8-9-20-15-12-5-2-6-13(12)17-14(18-15)11-4-3-7-16-10-11/h3-4,7,10H,2,5-6,8-9H2,1H3. The molecule has 104 valence electrons. The van der Waals surface area contributed by atoms with Crippen LogP contribution in [0.25, 0.3) is 11.4 Å². The molecule has 0 atom stereocenters. The summed E-state index contributed by atoms with van der Waals surface area (Å²) in [5, 5.41) is 1.11. The second-order valence-electron chi connectivity index (χ2n) is 4.71. The molecule has 1 aliphatic rings. The van der Waals surface area contributed by atoms with Crippen LogP contribution in [-0.2, 0) is 17.6 Å². The Balaban J connectivity index is 1.94. The van der Waals surface area contributed by atoms with Gasteiger partial charge in [0.1, 0.15) is 5.03 Å². The van der Waals surface area contributed by atoms with Crippen molar-refractivity contribution < 1.29 is 4.74 Å². The highest BCUT2D eigenvalue weighted by atomic mass is 32.2. The maximum atomic E-state index is 5.12. The highest BCUT2D eigenvalue weighted by molar-refractivity contribution is 7.99. The molecule has 3 rings (SSSR count). The first-order chi connectivity index (χ1) is 9.88. The molecule has 0 saturated heterocycles. The van der Waals surface area contributed by atoms with Crippen LogP contribution >= 0.6 is 11.8 Å². The fraction of sp³-hybridized carbons (Fsp3) is 0.400. The summed E-state index contributed by atoms with van der Waals surface area (Å²) in [6.07, 6.45) is 6.92. The summed E-state index contributed by atoms with van der Waals surface area (Å²) in [5.41, 5.74) is 3.52. The first kappa shape index (κ1) is 13.5. The van der Waals surface area contributed by atoms with Gasteiger partial charge in [-0.25, -0.2) is 9.97 Å². The Labute approximate surface area is 123 Å². The van der Waals surface area contributed by atoms with Crippen molar-refractivity contribution in [2.75, 3.05) is 19.5 Å². The van der Waals surface area contributed by atoms with E-state index in [-0.39, 0.29) is 0 Å². The Morgan fingerprint density at radius 2 is 2.25 bits per heavy atom. The van der Waals surface area contributed by atoms with E-state index in [1.165, 1.54) is 17.7 Å². The Hall–Kier alpha value is -1.46. The zero-order chi connectivity index (χ0) is 13.8. The van der Waals surface area contributed by atoms with Gasteiger partial charge in [0.2, 0.25) is 0 Å². The number of ether oxygens (including phenoxy) is 1. The van der Waals surface area contributed by atoms with Gasteiger partial charge in [-0.15, -0.1) is 11.8 Å². The third-order valence-corrected chi connectivity index (χ3v) is 4.32. The van der Waals surface area contributed by atoms with E-state index >= 15 is 0 Å². The quantitative estimate of drug-likeness (QED) is 0.481. The van der Waals surface area contributed by atoms with Crippen molar-refractivity contribution in [3.8, 4) is 11.4 Å². The van der Waals surface area contributed by atoms with Gasteiger partial charge in [0.25, 0.3) is 0 Å². The summed E-state index contributed by atoms with van der Waals surface area (Å²) in [4.78, 5) is 13.6. The number of methoxy groups -OCH3 is 1. The summed E-state index contributed by atoms with van der Waals surface area (Å²) in [6.45, 7) is 0.742. The molecule has 0 aliphatic heterocycles. The number of hydrogen-bond donors (Lipinski definition) is 0. The van der Waals surface area contributed by atoms with E-state index in [0.29, 0.717) is 0 Å². The molecule has 0 radical (unpaired) electrons. The van der Waals surface area contributed by atoms with Crippen LogP contribution in [0.2, 0.25) is 0 Å². The first-order valence-electron chi connectivity index (χ1n) is 6.80. The van der Waals surface area contributed by atoms with E-state index in [4.69, 9.17) is 14.7 Å². The second-order valence-corrected chi connectivity index (χ2v) is 5.80. The minimum Gasteiger partial charge on any atom is -0.384 e. The lowest BCUT2D eigenvalue weighted by Crippen LogP contribution is -2.01. The van der Waals surface area contributed by atoms with Crippen LogP contribution in [-0.4, -0.2) is 34.4 Å². The Morgan fingerprint density at radius 3 is 3.05 bits per heavy atom. The number of thioether (sulfide) groups is 1. The number of nitrogens with zero attached hydrogens (tertiary/aromatic N) is 3. The largest absolute Gasteiger partial charge is 0.384 e. The predicted molar refractivity (Wildman–Crippen MR) is 79.9 cm³/mol. The number of rotatable bonds is 5. The molecule has 2 aromatic rings. The molecule has 1 aliphatic carbocycles. The zero-order valence-corrected chi connectivity index (χ0v) is 12.3. The summed E-state index contributed by atoms with van der Waals surface area (Å²) in [7, 11) is 1.73. The monoisotopic (exact) mass is 287 g/mol. The topological polar surface area (TPSA) is 47.9 Å². The van der Waals surface area contributed by atoms with Crippen LogP contribution in [0, 0.1) is 0 Å². The highest BCUT2D eigenvalue weighted by Gasteiger charge is 2.20. The maximum Gasteiger partial charge on any atom is 0.162 e. The van der Waals surface area contributed by atoms with Crippen LogP contribution in [0.1, 0.15) is 17.7 Å². The lowest BCUT2D eigenvalue weighted by molar-refractivity contribution is 0.218. The van der Waals surface area contributed by atoms with Gasteiger partial charge in [-0.2, -0.15) is 0 Å². The normalized spacial score (nSPS) is 13.4. The van der Waals surface area contributed by atoms with Crippen molar-refractivity contribution in [3.63, 3.8) is 0 Å². The minimum absolute atomic E-state index is 0.742. The molecule has 0 spiro atoms. The van der Waals surface area contributed by atoms with Crippen molar-refractivity contribution in [2.45, 2.75) is 24.3 Å². The van der Waals surface area contributed by atoms with E-state index < -0.39 is 0 Å². The molecular weight excluding hydrogens is 270 g/mol. The van der Waals surface area contributed by atoms with Gasteiger partial charge in [0, 0.05) is 42.1 Å². The maximum absolute atomic E-state index is 5.12. The van der Waals surface area contributed by atoms with E-state index in [1.54, 1.807) is 25.1 Å². The lowest BCUT2D eigenvalue weighted by atomic mass is 10.2. The average Bonchev–Trinajstić information content (AvgIpc) is 2.97. The zero-order valence-electron chi connectivity index (χ0n) is 11.5. The molecule has 2 heterocycles. The third kappa shape index (κ3) is 2.83. The van der Waals surface area contributed by atoms with E-state index in [0.717, 1.165) is 41.6 Å². The smallest absolute Gasteiger partial charge is 0.162 e. The van der Waals surface area contributed by atoms with E-state index in [2.05, 4.69) is 4.98 Å². The lowest BCUT2D eigenvalue weighted by Gasteiger charge is -2.09. The number of aromatic nitrogens is 3. The predicted octanol–water partition coefficient (Wildman–Crippen LogP) is 2.77. The summed E-state index contributed by atoms with van der Waals surface area (Å²) in [5.74, 6) is 1.71. The average molecular weight is 287 g/mol. The van der Waals surface area contributed by atoms with Crippen molar-refractivity contribution >= 4 is 11.8 Å². The number of pyridine rings is 1. The van der Waals surface area contributed by atoms with Crippen molar-refractivity contribution in [2.24, 2.45) is 0 Å². The fourth-order valence-corrected chi connectivity index (χ4v) is 3.35. The molecule has 0 saturated carbocycles. The molecule has 4 nitrogen and oxygen atoms in total. The molecule has 0 unspecified atom stereocenters. The second kappa shape index (κ2) is 6.33. The Bertz CT molecular complexity index is 589.